The van der Waals surface area contributed by atoms with Gasteiger partial charge in [-0.25, -0.2) is 9.59 Å². The van der Waals surface area contributed by atoms with Gasteiger partial charge in [-0.2, -0.15) is 0 Å². The third-order valence-corrected chi connectivity index (χ3v) is 4.58. The van der Waals surface area contributed by atoms with Gasteiger partial charge in [0.1, 0.15) is 0 Å². The van der Waals surface area contributed by atoms with Gasteiger partial charge in [-0.15, -0.1) is 0 Å². The molecule has 0 bridgehead atoms. The molecule has 4 rings (SSSR count). The molecule has 2 N–H and O–H groups in total. The Morgan fingerprint density at radius 3 is 1.92 bits per heavy atom. The highest BCUT2D eigenvalue weighted by molar-refractivity contribution is 6.17. The van der Waals surface area contributed by atoms with E-state index < -0.39 is 11.9 Å². The van der Waals surface area contributed by atoms with E-state index in [1.807, 2.05) is 42.5 Å². The van der Waals surface area contributed by atoms with Crippen molar-refractivity contribution in [3.8, 4) is 11.1 Å². The van der Waals surface area contributed by atoms with Crippen LogP contribution in [0.5, 0.6) is 0 Å². The van der Waals surface area contributed by atoms with Gasteiger partial charge in [0.25, 0.3) is 0 Å². The number of aromatic carboxylic acids is 2. The van der Waals surface area contributed by atoms with Crippen molar-refractivity contribution < 1.29 is 19.8 Å². The Bertz CT molecular complexity index is 1170. The Hall–Kier alpha value is -3.66. The van der Waals surface area contributed by atoms with Crippen molar-refractivity contribution in [1.82, 2.24) is 0 Å². The van der Waals surface area contributed by atoms with Gasteiger partial charge < -0.3 is 10.2 Å². The van der Waals surface area contributed by atoms with E-state index in [0.29, 0.717) is 5.39 Å². The van der Waals surface area contributed by atoms with Crippen molar-refractivity contribution in [3.63, 3.8) is 0 Å². The summed E-state index contributed by atoms with van der Waals surface area (Å²) in [4.78, 5) is 23.3. The molecule has 0 radical (unpaired) electrons. The second kappa shape index (κ2) is 6.01. The number of carboxylic acids is 2. The monoisotopic (exact) mass is 342 g/mol. The molecular weight excluding hydrogens is 328 g/mol. The average Bonchev–Trinajstić information content (AvgIpc) is 2.66. The molecule has 4 aromatic carbocycles. The fourth-order valence-electron chi connectivity index (χ4n) is 3.46. The van der Waals surface area contributed by atoms with Gasteiger partial charge in [-0.3, -0.25) is 0 Å². The number of hydrogen-bond donors (Lipinski definition) is 2. The van der Waals surface area contributed by atoms with Crippen LogP contribution in [-0.2, 0) is 0 Å². The van der Waals surface area contributed by atoms with Crippen molar-refractivity contribution in [2.24, 2.45) is 0 Å². The lowest BCUT2D eigenvalue weighted by molar-refractivity contribution is 0.0695. The number of carboxylic acid groups (broad SMARTS) is 2. The Morgan fingerprint density at radius 2 is 1.15 bits per heavy atom. The third kappa shape index (κ3) is 2.40. The summed E-state index contributed by atoms with van der Waals surface area (Å²) in [5.74, 6) is -2.29. The predicted octanol–water partition coefficient (Wildman–Crippen LogP) is 5.06. The summed E-state index contributed by atoms with van der Waals surface area (Å²) in [6, 6.07) is 21.9. The SMILES string of the molecule is O=C(O)c1cccc2c(-c3cccc4ccccc34)ccc(C(=O)O)c12. The summed E-state index contributed by atoms with van der Waals surface area (Å²) >= 11 is 0. The van der Waals surface area contributed by atoms with Crippen molar-refractivity contribution in [3.05, 3.63) is 83.9 Å². The lowest BCUT2D eigenvalue weighted by atomic mass is 9.90. The van der Waals surface area contributed by atoms with Crippen LogP contribution in [0.2, 0.25) is 0 Å². The molecule has 0 aliphatic carbocycles. The molecule has 0 spiro atoms. The minimum Gasteiger partial charge on any atom is -0.478 e. The first kappa shape index (κ1) is 15.8. The van der Waals surface area contributed by atoms with Crippen molar-refractivity contribution in [2.45, 2.75) is 0 Å². The second-order valence-corrected chi connectivity index (χ2v) is 6.03. The van der Waals surface area contributed by atoms with E-state index in [4.69, 9.17) is 0 Å². The Kier molecular flexibility index (Phi) is 3.66. The number of rotatable bonds is 3. The first-order chi connectivity index (χ1) is 12.6. The van der Waals surface area contributed by atoms with Crippen LogP contribution in [0.15, 0.2) is 72.8 Å². The first-order valence-corrected chi connectivity index (χ1v) is 8.08. The van der Waals surface area contributed by atoms with Crippen molar-refractivity contribution in [1.29, 1.82) is 0 Å². The van der Waals surface area contributed by atoms with Gasteiger partial charge in [0, 0.05) is 5.39 Å². The maximum absolute atomic E-state index is 11.7. The highest BCUT2D eigenvalue weighted by atomic mass is 16.4. The van der Waals surface area contributed by atoms with Crippen molar-refractivity contribution in [2.75, 3.05) is 0 Å². The van der Waals surface area contributed by atoms with E-state index in [1.165, 1.54) is 12.1 Å². The predicted molar refractivity (Wildman–Crippen MR) is 101 cm³/mol. The molecule has 0 atom stereocenters. The van der Waals surface area contributed by atoms with Crippen molar-refractivity contribution >= 4 is 33.5 Å². The number of hydrogen-bond acceptors (Lipinski definition) is 2. The van der Waals surface area contributed by atoms with Crippen LogP contribution in [0.1, 0.15) is 20.7 Å². The van der Waals surface area contributed by atoms with E-state index in [0.717, 1.165) is 21.9 Å². The zero-order chi connectivity index (χ0) is 18.3. The zero-order valence-electron chi connectivity index (χ0n) is 13.6. The Labute approximate surface area is 148 Å². The van der Waals surface area contributed by atoms with Crippen LogP contribution in [0.25, 0.3) is 32.7 Å². The highest BCUT2D eigenvalue weighted by Crippen LogP contribution is 2.36. The zero-order valence-corrected chi connectivity index (χ0v) is 13.6. The third-order valence-electron chi connectivity index (χ3n) is 4.58. The van der Waals surface area contributed by atoms with Crippen LogP contribution >= 0.6 is 0 Å². The molecule has 126 valence electrons. The normalized spacial score (nSPS) is 10.9. The van der Waals surface area contributed by atoms with Crippen LogP contribution in [0.4, 0.5) is 0 Å². The standard InChI is InChI=1S/C22H14O4/c23-21(24)18-10-4-9-17-16(11-12-19(20(17)18)22(25)26)15-8-3-6-13-5-1-2-7-14(13)15/h1-12H,(H,23,24)(H,25,26). The molecule has 0 saturated carbocycles. The number of fused-ring (bicyclic) bond motifs is 2. The smallest absolute Gasteiger partial charge is 0.336 e. The summed E-state index contributed by atoms with van der Waals surface area (Å²) in [5, 5.41) is 22.0. The topological polar surface area (TPSA) is 74.6 Å². The Morgan fingerprint density at radius 1 is 0.577 bits per heavy atom. The fraction of sp³-hybridized carbons (Fsp3) is 0. The number of benzene rings is 4. The van der Waals surface area contributed by atoms with Crippen LogP contribution in [-0.4, -0.2) is 22.2 Å². The quantitative estimate of drug-likeness (QED) is 0.546. The molecule has 0 amide bonds. The molecule has 0 aromatic heterocycles. The molecule has 0 fully saturated rings. The molecule has 4 nitrogen and oxygen atoms in total. The van der Waals surface area contributed by atoms with E-state index in [-0.39, 0.29) is 16.5 Å². The molecular formula is C22H14O4. The van der Waals surface area contributed by atoms with Gasteiger partial charge in [0.2, 0.25) is 0 Å². The molecule has 4 heteroatoms. The highest BCUT2D eigenvalue weighted by Gasteiger charge is 2.19. The summed E-state index contributed by atoms with van der Waals surface area (Å²) in [5.41, 5.74) is 1.72. The number of carbonyl (C=O) groups is 2. The maximum atomic E-state index is 11.7. The summed E-state index contributed by atoms with van der Waals surface area (Å²) in [6.07, 6.45) is 0. The minimum atomic E-state index is -1.15. The largest absolute Gasteiger partial charge is 0.478 e. The fourth-order valence-corrected chi connectivity index (χ4v) is 3.46. The van der Waals surface area contributed by atoms with Crippen LogP contribution in [0.3, 0.4) is 0 Å². The average molecular weight is 342 g/mol. The van der Waals surface area contributed by atoms with Gasteiger partial charge in [-0.1, -0.05) is 60.7 Å². The minimum absolute atomic E-state index is 0.0120. The lowest BCUT2D eigenvalue weighted by Crippen LogP contribution is -2.04. The van der Waals surface area contributed by atoms with E-state index in [2.05, 4.69) is 0 Å². The maximum Gasteiger partial charge on any atom is 0.336 e. The van der Waals surface area contributed by atoms with Crippen LogP contribution < -0.4 is 0 Å². The molecule has 4 aromatic rings. The molecule has 0 heterocycles. The molecule has 0 aliphatic rings. The summed E-state index contributed by atoms with van der Waals surface area (Å²) in [6.45, 7) is 0. The molecule has 0 unspecified atom stereocenters. The molecule has 26 heavy (non-hydrogen) atoms. The second-order valence-electron chi connectivity index (χ2n) is 6.03. The first-order valence-electron chi connectivity index (χ1n) is 8.08. The van der Waals surface area contributed by atoms with Gasteiger partial charge in [0.15, 0.2) is 0 Å². The molecule has 0 saturated heterocycles. The molecule has 0 aliphatic heterocycles. The van der Waals surface area contributed by atoms with Gasteiger partial charge in [-0.05, 0) is 39.4 Å². The summed E-state index contributed by atoms with van der Waals surface area (Å²) < 4.78 is 0. The lowest BCUT2D eigenvalue weighted by Gasteiger charge is -2.13. The summed E-state index contributed by atoms with van der Waals surface area (Å²) in [7, 11) is 0. The van der Waals surface area contributed by atoms with Gasteiger partial charge >= 0.3 is 11.9 Å². The Balaban J connectivity index is 2.15. The van der Waals surface area contributed by atoms with Crippen LogP contribution in [0, 0.1) is 0 Å². The van der Waals surface area contributed by atoms with E-state index in [1.54, 1.807) is 18.2 Å². The van der Waals surface area contributed by atoms with E-state index in [9.17, 15) is 19.8 Å². The van der Waals surface area contributed by atoms with Gasteiger partial charge in [0.05, 0.1) is 11.1 Å². The van der Waals surface area contributed by atoms with E-state index >= 15 is 0 Å².